The Balaban J connectivity index is 3.10. The molecule has 1 unspecified atom stereocenters. The lowest BCUT2D eigenvalue weighted by atomic mass is 10.1. The van der Waals surface area contributed by atoms with E-state index in [-0.39, 0.29) is 22.8 Å². The number of halogens is 1. The van der Waals surface area contributed by atoms with Crippen molar-refractivity contribution >= 4 is 16.0 Å². The molecule has 0 bridgehead atoms. The second-order valence-electron chi connectivity index (χ2n) is 5.00. The van der Waals surface area contributed by atoms with Crippen molar-refractivity contribution in [1.29, 1.82) is 0 Å². The van der Waals surface area contributed by atoms with E-state index in [0.29, 0.717) is 0 Å². The number of carboxylic acids is 1. The minimum atomic E-state index is -4.07. The molecule has 0 saturated heterocycles. The molecule has 1 atom stereocenters. The van der Waals surface area contributed by atoms with E-state index in [0.717, 1.165) is 6.07 Å². The molecule has 0 saturated carbocycles. The van der Waals surface area contributed by atoms with Crippen LogP contribution < -0.4 is 4.72 Å². The summed E-state index contributed by atoms with van der Waals surface area (Å²) in [5.74, 6) is -1.90. The number of benzene rings is 1. The third kappa shape index (κ3) is 4.01. The van der Waals surface area contributed by atoms with E-state index in [1.807, 2.05) is 0 Å². The van der Waals surface area contributed by atoms with E-state index in [1.165, 1.54) is 19.1 Å². The molecule has 0 aliphatic heterocycles. The highest BCUT2D eigenvalue weighted by molar-refractivity contribution is 7.89. The summed E-state index contributed by atoms with van der Waals surface area (Å²) in [7, 11) is -4.07. The normalized spacial score (nSPS) is 13.4. The van der Waals surface area contributed by atoms with E-state index in [2.05, 4.69) is 4.72 Å². The van der Waals surface area contributed by atoms with Crippen molar-refractivity contribution in [2.75, 3.05) is 0 Å². The average Bonchev–Trinajstić information content (AvgIpc) is 2.30. The molecule has 0 heterocycles. The molecule has 112 valence electrons. The van der Waals surface area contributed by atoms with Crippen molar-refractivity contribution in [3.8, 4) is 0 Å². The molecule has 0 aromatic heterocycles. The highest BCUT2D eigenvalue weighted by Gasteiger charge is 2.27. The smallest absolute Gasteiger partial charge is 0.321 e. The molecule has 0 amide bonds. The van der Waals surface area contributed by atoms with Crippen molar-refractivity contribution in [1.82, 2.24) is 4.72 Å². The molecule has 0 fully saturated rings. The maximum Gasteiger partial charge on any atom is 0.321 e. The monoisotopic (exact) mass is 303 g/mol. The molecule has 1 aromatic rings. The van der Waals surface area contributed by atoms with E-state index in [9.17, 15) is 17.6 Å². The maximum atomic E-state index is 13.4. The Hall–Kier alpha value is -1.47. The molecule has 0 aliphatic carbocycles. The van der Waals surface area contributed by atoms with Gasteiger partial charge >= 0.3 is 5.97 Å². The molecule has 5 nitrogen and oxygen atoms in total. The van der Waals surface area contributed by atoms with Gasteiger partial charge in [-0.3, -0.25) is 4.79 Å². The van der Waals surface area contributed by atoms with Gasteiger partial charge in [-0.15, -0.1) is 0 Å². The quantitative estimate of drug-likeness (QED) is 0.841. The second-order valence-corrected chi connectivity index (χ2v) is 6.69. The van der Waals surface area contributed by atoms with Crippen LogP contribution in [0.5, 0.6) is 0 Å². The van der Waals surface area contributed by atoms with E-state index in [1.54, 1.807) is 13.8 Å². The largest absolute Gasteiger partial charge is 0.480 e. The summed E-state index contributed by atoms with van der Waals surface area (Å²) < 4.78 is 39.8. The first kappa shape index (κ1) is 16.6. The molecular formula is C13H18FNO4S. The van der Waals surface area contributed by atoms with Crippen LogP contribution in [-0.4, -0.2) is 25.5 Å². The van der Waals surface area contributed by atoms with Crippen LogP contribution in [0.25, 0.3) is 0 Å². The Kier molecular flexibility index (Phi) is 5.24. The summed E-state index contributed by atoms with van der Waals surface area (Å²) in [6.45, 7) is 4.91. The number of carboxylic acid groups (broad SMARTS) is 1. The predicted octanol–water partition coefficient (Wildman–Crippen LogP) is 1.91. The molecule has 7 heteroatoms. The molecule has 2 N–H and O–H groups in total. The van der Waals surface area contributed by atoms with Crippen LogP contribution in [0.1, 0.15) is 25.8 Å². The van der Waals surface area contributed by atoms with Crippen LogP contribution in [0.2, 0.25) is 0 Å². The van der Waals surface area contributed by atoms with Crippen molar-refractivity contribution in [3.63, 3.8) is 0 Å². The Morgan fingerprint density at radius 2 is 2.00 bits per heavy atom. The summed E-state index contributed by atoms with van der Waals surface area (Å²) in [5, 5.41) is 9.06. The third-order valence-electron chi connectivity index (χ3n) is 2.81. The number of carbonyl (C=O) groups is 1. The molecule has 0 aliphatic rings. The Morgan fingerprint density at radius 3 is 2.50 bits per heavy atom. The van der Waals surface area contributed by atoms with Crippen LogP contribution in [-0.2, 0) is 14.8 Å². The van der Waals surface area contributed by atoms with Gasteiger partial charge in [-0.25, -0.2) is 12.8 Å². The summed E-state index contributed by atoms with van der Waals surface area (Å²) in [6, 6.07) is 2.43. The first-order valence-corrected chi connectivity index (χ1v) is 7.63. The lowest BCUT2D eigenvalue weighted by molar-refractivity contribution is -0.139. The van der Waals surface area contributed by atoms with Crippen LogP contribution in [0.3, 0.4) is 0 Å². The van der Waals surface area contributed by atoms with Gasteiger partial charge in [-0.05, 0) is 31.4 Å². The van der Waals surface area contributed by atoms with Crippen molar-refractivity contribution in [2.24, 2.45) is 5.92 Å². The number of sulfonamides is 1. The minimum Gasteiger partial charge on any atom is -0.480 e. The van der Waals surface area contributed by atoms with Crippen LogP contribution in [0, 0.1) is 18.7 Å². The zero-order chi connectivity index (χ0) is 15.5. The van der Waals surface area contributed by atoms with E-state index < -0.39 is 27.9 Å². The van der Waals surface area contributed by atoms with Gasteiger partial charge in [-0.1, -0.05) is 19.9 Å². The van der Waals surface area contributed by atoms with Crippen molar-refractivity contribution < 1.29 is 22.7 Å². The Labute approximate surface area is 117 Å². The fourth-order valence-electron chi connectivity index (χ4n) is 1.80. The van der Waals surface area contributed by atoms with Gasteiger partial charge in [0.2, 0.25) is 10.0 Å². The van der Waals surface area contributed by atoms with Crippen LogP contribution >= 0.6 is 0 Å². The Bertz CT molecular complexity index is 598. The second kappa shape index (κ2) is 6.32. The van der Waals surface area contributed by atoms with Crippen LogP contribution in [0.15, 0.2) is 23.1 Å². The first-order valence-electron chi connectivity index (χ1n) is 6.15. The molecular weight excluding hydrogens is 285 g/mol. The molecule has 20 heavy (non-hydrogen) atoms. The zero-order valence-corrected chi connectivity index (χ0v) is 12.4. The summed E-state index contributed by atoms with van der Waals surface area (Å²) in [5.41, 5.74) is -0.0336. The Morgan fingerprint density at radius 1 is 1.40 bits per heavy atom. The molecule has 0 radical (unpaired) electrons. The standard InChI is InChI=1S/C13H18FNO4S/c1-8(2)7-11(13(16)17)15-20(18,19)12-6-4-5-10(14)9(12)3/h4-6,8,11,15H,7H2,1-3H3,(H,16,17). The highest BCUT2D eigenvalue weighted by Crippen LogP contribution is 2.18. The summed E-state index contributed by atoms with van der Waals surface area (Å²) >= 11 is 0. The summed E-state index contributed by atoms with van der Waals surface area (Å²) in [6.07, 6.45) is 0.156. The van der Waals surface area contributed by atoms with E-state index in [4.69, 9.17) is 5.11 Å². The summed E-state index contributed by atoms with van der Waals surface area (Å²) in [4.78, 5) is 10.9. The number of nitrogens with one attached hydrogen (secondary N) is 1. The SMILES string of the molecule is Cc1c(F)cccc1S(=O)(=O)NC(CC(C)C)C(=O)O. The lowest BCUT2D eigenvalue weighted by Crippen LogP contribution is -2.41. The van der Waals surface area contributed by atoms with Gasteiger partial charge < -0.3 is 5.11 Å². The van der Waals surface area contributed by atoms with E-state index >= 15 is 0 Å². The van der Waals surface area contributed by atoms with Gasteiger partial charge in [0.15, 0.2) is 0 Å². The zero-order valence-electron chi connectivity index (χ0n) is 11.6. The maximum absolute atomic E-state index is 13.4. The number of hydrogen-bond donors (Lipinski definition) is 2. The van der Waals surface area contributed by atoms with Gasteiger partial charge in [-0.2, -0.15) is 4.72 Å². The van der Waals surface area contributed by atoms with Gasteiger partial charge in [0, 0.05) is 5.56 Å². The predicted molar refractivity (Wildman–Crippen MR) is 72.3 cm³/mol. The van der Waals surface area contributed by atoms with Crippen molar-refractivity contribution in [2.45, 2.75) is 38.1 Å². The molecule has 1 rings (SSSR count). The van der Waals surface area contributed by atoms with Gasteiger partial charge in [0.1, 0.15) is 11.9 Å². The molecule has 0 spiro atoms. The number of rotatable bonds is 6. The lowest BCUT2D eigenvalue weighted by Gasteiger charge is -2.17. The molecule has 1 aromatic carbocycles. The van der Waals surface area contributed by atoms with Gasteiger partial charge in [0.25, 0.3) is 0 Å². The van der Waals surface area contributed by atoms with Crippen LogP contribution in [0.4, 0.5) is 4.39 Å². The fourth-order valence-corrected chi connectivity index (χ4v) is 3.26. The average molecular weight is 303 g/mol. The topological polar surface area (TPSA) is 83.5 Å². The third-order valence-corrected chi connectivity index (χ3v) is 4.43. The first-order chi connectivity index (χ1) is 9.15. The minimum absolute atomic E-state index is 0.00686. The van der Waals surface area contributed by atoms with Gasteiger partial charge in [0.05, 0.1) is 4.90 Å². The fraction of sp³-hybridized carbons (Fsp3) is 0.462. The number of aliphatic carboxylic acids is 1. The highest BCUT2D eigenvalue weighted by atomic mass is 32.2. The number of hydrogen-bond acceptors (Lipinski definition) is 3. The van der Waals surface area contributed by atoms with Crippen molar-refractivity contribution in [3.05, 3.63) is 29.6 Å².